The largest absolute Gasteiger partial charge is 0.368 e. The van der Waals surface area contributed by atoms with Crippen LogP contribution in [0.25, 0.3) is 11.4 Å². The number of aryl methyl sites for hydroxylation is 1. The van der Waals surface area contributed by atoms with Gasteiger partial charge in [-0.15, -0.1) is 0 Å². The normalized spacial score (nSPS) is 10.8. The number of rotatable bonds is 3. The van der Waals surface area contributed by atoms with Gasteiger partial charge in [-0.1, -0.05) is 41.9 Å². The Labute approximate surface area is 127 Å². The van der Waals surface area contributed by atoms with Gasteiger partial charge in [0.2, 0.25) is 5.95 Å². The van der Waals surface area contributed by atoms with Gasteiger partial charge in [-0.25, -0.2) is 9.97 Å². The Kier molecular flexibility index (Phi) is 3.58. The van der Waals surface area contributed by atoms with E-state index in [0.29, 0.717) is 10.8 Å². The zero-order valence-electron chi connectivity index (χ0n) is 11.5. The number of aromatic nitrogens is 4. The summed E-state index contributed by atoms with van der Waals surface area (Å²) in [6.45, 7) is 0. The first kappa shape index (κ1) is 13.6. The molecule has 0 unspecified atom stereocenters. The van der Waals surface area contributed by atoms with E-state index in [1.165, 1.54) is 5.56 Å². The molecule has 21 heavy (non-hydrogen) atoms. The summed E-state index contributed by atoms with van der Waals surface area (Å²) in [4.78, 5) is 8.10. The van der Waals surface area contributed by atoms with Crippen LogP contribution in [0, 0.1) is 0 Å². The molecule has 0 aliphatic carbocycles. The van der Waals surface area contributed by atoms with E-state index in [2.05, 4.69) is 27.2 Å². The third-order valence-electron chi connectivity index (χ3n) is 3.10. The van der Waals surface area contributed by atoms with Crippen LogP contribution in [0.1, 0.15) is 11.1 Å². The molecule has 3 aromatic rings. The minimum Gasteiger partial charge on any atom is -0.368 e. The molecule has 0 aliphatic heterocycles. The summed E-state index contributed by atoms with van der Waals surface area (Å²) >= 11 is 5.95. The Bertz CT molecular complexity index is 747. The second kappa shape index (κ2) is 5.54. The number of nitrogens with two attached hydrogens (primary N) is 1. The van der Waals surface area contributed by atoms with Gasteiger partial charge in [-0.05, 0) is 5.56 Å². The van der Waals surface area contributed by atoms with Crippen LogP contribution in [0.3, 0.4) is 0 Å². The summed E-state index contributed by atoms with van der Waals surface area (Å²) in [5.41, 5.74) is 9.35. The summed E-state index contributed by atoms with van der Waals surface area (Å²) < 4.78 is 1.76. The number of nitrogens with zero attached hydrogens (tertiary/aromatic N) is 4. The predicted octanol–water partition coefficient (Wildman–Crippen LogP) is 2.70. The van der Waals surface area contributed by atoms with E-state index < -0.39 is 0 Å². The van der Waals surface area contributed by atoms with Crippen molar-refractivity contribution in [3.05, 3.63) is 58.9 Å². The van der Waals surface area contributed by atoms with Crippen molar-refractivity contribution in [3.63, 3.8) is 0 Å². The molecule has 6 heteroatoms. The van der Waals surface area contributed by atoms with Crippen molar-refractivity contribution in [2.75, 3.05) is 5.73 Å². The molecule has 2 aromatic heterocycles. The molecule has 0 saturated carbocycles. The van der Waals surface area contributed by atoms with Crippen LogP contribution >= 0.6 is 11.6 Å². The molecule has 0 spiro atoms. The van der Waals surface area contributed by atoms with Crippen LogP contribution in [-0.2, 0) is 13.5 Å². The van der Waals surface area contributed by atoms with Crippen molar-refractivity contribution in [1.82, 2.24) is 19.7 Å². The monoisotopic (exact) mass is 299 g/mol. The van der Waals surface area contributed by atoms with E-state index in [1.807, 2.05) is 31.4 Å². The van der Waals surface area contributed by atoms with E-state index in [0.717, 1.165) is 17.7 Å². The van der Waals surface area contributed by atoms with Crippen LogP contribution in [0.2, 0.25) is 5.15 Å². The van der Waals surface area contributed by atoms with Gasteiger partial charge in [-0.2, -0.15) is 5.10 Å². The fourth-order valence-corrected chi connectivity index (χ4v) is 2.44. The van der Waals surface area contributed by atoms with Crippen LogP contribution < -0.4 is 5.73 Å². The standard InChI is InChI=1S/C15H14ClN5/c1-21-9-11(7-10-5-3-2-4-6-10)14(20-21)12-8-13(16)19-15(17)18-12/h2-6,8-9H,7H2,1H3,(H2,17,18,19). The van der Waals surface area contributed by atoms with E-state index in [4.69, 9.17) is 17.3 Å². The van der Waals surface area contributed by atoms with Crippen molar-refractivity contribution in [1.29, 1.82) is 0 Å². The molecule has 2 N–H and O–H groups in total. The number of halogens is 1. The molecule has 0 bridgehead atoms. The molecule has 2 heterocycles. The quantitative estimate of drug-likeness (QED) is 0.755. The topological polar surface area (TPSA) is 69.6 Å². The maximum atomic E-state index is 5.95. The predicted molar refractivity (Wildman–Crippen MR) is 82.9 cm³/mol. The van der Waals surface area contributed by atoms with E-state index in [-0.39, 0.29) is 5.95 Å². The van der Waals surface area contributed by atoms with Gasteiger partial charge in [0.15, 0.2) is 0 Å². The summed E-state index contributed by atoms with van der Waals surface area (Å²) in [6, 6.07) is 11.9. The summed E-state index contributed by atoms with van der Waals surface area (Å²) in [5.74, 6) is 0.147. The molecule has 106 valence electrons. The lowest BCUT2D eigenvalue weighted by atomic mass is 10.0. The Hall–Kier alpha value is -2.40. The van der Waals surface area contributed by atoms with Gasteiger partial charge in [0.05, 0.1) is 5.69 Å². The van der Waals surface area contributed by atoms with Crippen molar-refractivity contribution in [2.45, 2.75) is 6.42 Å². The first-order valence-corrected chi connectivity index (χ1v) is 6.86. The van der Waals surface area contributed by atoms with E-state index in [1.54, 1.807) is 10.7 Å². The molecular formula is C15H14ClN5. The highest BCUT2D eigenvalue weighted by Crippen LogP contribution is 2.24. The smallest absolute Gasteiger partial charge is 0.222 e. The first-order valence-electron chi connectivity index (χ1n) is 6.48. The lowest BCUT2D eigenvalue weighted by Crippen LogP contribution is -1.99. The molecule has 0 atom stereocenters. The Balaban J connectivity index is 2.03. The Morgan fingerprint density at radius 1 is 1.19 bits per heavy atom. The van der Waals surface area contributed by atoms with Gasteiger partial charge in [0.25, 0.3) is 0 Å². The minimum absolute atomic E-state index is 0.147. The number of nitrogen functional groups attached to an aromatic ring is 1. The minimum atomic E-state index is 0.147. The second-order valence-corrected chi connectivity index (χ2v) is 5.16. The third-order valence-corrected chi connectivity index (χ3v) is 3.29. The van der Waals surface area contributed by atoms with Gasteiger partial charge in [0, 0.05) is 31.3 Å². The van der Waals surface area contributed by atoms with Gasteiger partial charge >= 0.3 is 0 Å². The van der Waals surface area contributed by atoms with Crippen LogP contribution in [0.4, 0.5) is 5.95 Å². The average molecular weight is 300 g/mol. The molecule has 0 radical (unpaired) electrons. The lowest BCUT2D eigenvalue weighted by Gasteiger charge is -2.03. The molecule has 0 fully saturated rings. The number of anilines is 1. The van der Waals surface area contributed by atoms with Crippen LogP contribution in [0.5, 0.6) is 0 Å². The highest BCUT2D eigenvalue weighted by atomic mass is 35.5. The molecule has 0 amide bonds. The molecule has 1 aromatic carbocycles. The zero-order chi connectivity index (χ0) is 14.8. The molecule has 0 saturated heterocycles. The van der Waals surface area contributed by atoms with Gasteiger partial charge < -0.3 is 5.73 Å². The maximum absolute atomic E-state index is 5.95. The van der Waals surface area contributed by atoms with Crippen molar-refractivity contribution in [3.8, 4) is 11.4 Å². The average Bonchev–Trinajstić information content (AvgIpc) is 2.80. The molecule has 0 aliphatic rings. The van der Waals surface area contributed by atoms with Crippen molar-refractivity contribution < 1.29 is 0 Å². The Morgan fingerprint density at radius 2 is 1.95 bits per heavy atom. The second-order valence-electron chi connectivity index (χ2n) is 4.77. The molecular weight excluding hydrogens is 286 g/mol. The van der Waals surface area contributed by atoms with E-state index >= 15 is 0 Å². The van der Waals surface area contributed by atoms with Crippen molar-refractivity contribution in [2.24, 2.45) is 7.05 Å². The third kappa shape index (κ3) is 3.03. The van der Waals surface area contributed by atoms with Crippen LogP contribution in [-0.4, -0.2) is 19.7 Å². The summed E-state index contributed by atoms with van der Waals surface area (Å²) in [5, 5.41) is 4.79. The highest BCUT2D eigenvalue weighted by molar-refractivity contribution is 6.29. The number of benzene rings is 1. The summed E-state index contributed by atoms with van der Waals surface area (Å²) in [6.07, 6.45) is 2.75. The highest BCUT2D eigenvalue weighted by Gasteiger charge is 2.13. The fourth-order valence-electron chi connectivity index (χ4n) is 2.25. The number of hydrogen-bond donors (Lipinski definition) is 1. The lowest BCUT2D eigenvalue weighted by molar-refractivity contribution is 0.769. The number of hydrogen-bond acceptors (Lipinski definition) is 4. The Morgan fingerprint density at radius 3 is 2.67 bits per heavy atom. The van der Waals surface area contributed by atoms with E-state index in [9.17, 15) is 0 Å². The summed E-state index contributed by atoms with van der Waals surface area (Å²) in [7, 11) is 1.88. The van der Waals surface area contributed by atoms with Gasteiger partial charge in [-0.3, -0.25) is 4.68 Å². The molecule has 5 nitrogen and oxygen atoms in total. The SMILES string of the molecule is Cn1cc(Cc2ccccc2)c(-c2cc(Cl)nc(N)n2)n1. The maximum Gasteiger partial charge on any atom is 0.222 e. The fraction of sp³-hybridized carbons (Fsp3) is 0.133. The van der Waals surface area contributed by atoms with Crippen LogP contribution in [0.15, 0.2) is 42.6 Å². The zero-order valence-corrected chi connectivity index (χ0v) is 12.2. The first-order chi connectivity index (χ1) is 10.1. The van der Waals surface area contributed by atoms with Crippen molar-refractivity contribution >= 4 is 17.5 Å². The molecule has 3 rings (SSSR count). The van der Waals surface area contributed by atoms with Gasteiger partial charge in [0.1, 0.15) is 10.8 Å².